The standard InChI is InChI=1S/C40H43N3O5/c1-29-13-15-30(16-14-29)37(21-23-41-24-26-42(27-25-41)36-10-5-6-11-38(36)47-2)48-32-19-17-31(18-20-32)40(46)34-28-43(22-7-12-39(44)45)35-9-4-3-8-33(34)35/h3-6,8-11,13-20,28,37H,7,12,21-27H2,1-2H3,(H,44,45). The SMILES string of the molecule is COc1ccccc1N1CCN(CCC(Oc2ccc(C(=O)c3cn(CCCC(=O)O)c4ccccc34)cc2)c2ccc(C)cc2)CC1. The maximum absolute atomic E-state index is 13.7. The number of ether oxygens (including phenoxy) is 2. The highest BCUT2D eigenvalue weighted by Gasteiger charge is 2.22. The number of methoxy groups -OCH3 is 1. The van der Waals surface area contributed by atoms with E-state index in [4.69, 9.17) is 14.6 Å². The maximum Gasteiger partial charge on any atom is 0.303 e. The van der Waals surface area contributed by atoms with Gasteiger partial charge in [0.1, 0.15) is 17.6 Å². The Hall–Kier alpha value is -5.08. The smallest absolute Gasteiger partial charge is 0.303 e. The molecular formula is C40H43N3O5. The summed E-state index contributed by atoms with van der Waals surface area (Å²) in [5.74, 6) is 0.732. The molecule has 0 aliphatic carbocycles. The molecule has 1 unspecified atom stereocenters. The maximum atomic E-state index is 13.7. The van der Waals surface area contributed by atoms with E-state index >= 15 is 0 Å². The number of fused-ring (bicyclic) bond motifs is 1. The van der Waals surface area contributed by atoms with E-state index < -0.39 is 5.97 Å². The molecule has 1 saturated heterocycles. The number of carbonyl (C=O) groups excluding carboxylic acids is 1. The molecule has 1 fully saturated rings. The second kappa shape index (κ2) is 15.2. The van der Waals surface area contributed by atoms with Gasteiger partial charge >= 0.3 is 5.97 Å². The topological polar surface area (TPSA) is 84.2 Å². The van der Waals surface area contributed by atoms with Crippen LogP contribution in [-0.2, 0) is 11.3 Å². The van der Waals surface area contributed by atoms with Gasteiger partial charge in [-0.15, -0.1) is 0 Å². The van der Waals surface area contributed by atoms with Crippen LogP contribution >= 0.6 is 0 Å². The van der Waals surface area contributed by atoms with Gasteiger partial charge in [-0.2, -0.15) is 0 Å². The van der Waals surface area contributed by atoms with Crippen molar-refractivity contribution in [2.75, 3.05) is 44.7 Å². The first-order chi connectivity index (χ1) is 23.4. The van der Waals surface area contributed by atoms with E-state index in [1.807, 2.05) is 71.4 Å². The third kappa shape index (κ3) is 7.72. The molecule has 1 aromatic heterocycles. The Morgan fingerprint density at radius 1 is 0.833 bits per heavy atom. The van der Waals surface area contributed by atoms with Crippen molar-refractivity contribution < 1.29 is 24.2 Å². The summed E-state index contributed by atoms with van der Waals surface area (Å²) in [5, 5.41) is 9.93. The van der Waals surface area contributed by atoms with Crippen LogP contribution in [0.15, 0.2) is 103 Å². The minimum absolute atomic E-state index is 0.0721. The molecule has 4 aromatic carbocycles. The van der Waals surface area contributed by atoms with E-state index in [0.29, 0.717) is 29.8 Å². The second-order valence-corrected chi connectivity index (χ2v) is 12.4. The quantitative estimate of drug-likeness (QED) is 0.126. The van der Waals surface area contributed by atoms with Crippen LogP contribution in [0, 0.1) is 6.92 Å². The first-order valence-corrected chi connectivity index (χ1v) is 16.7. The number of nitrogens with zero attached hydrogens (tertiary/aromatic N) is 3. The number of anilines is 1. The summed E-state index contributed by atoms with van der Waals surface area (Å²) in [6, 6.07) is 31.9. The minimum atomic E-state index is -0.822. The molecule has 1 aliphatic heterocycles. The number of rotatable bonds is 14. The number of carboxylic acid groups (broad SMARTS) is 1. The third-order valence-electron chi connectivity index (χ3n) is 9.17. The van der Waals surface area contributed by atoms with Crippen LogP contribution in [-0.4, -0.2) is 66.2 Å². The lowest BCUT2D eigenvalue weighted by atomic mass is 10.0. The Labute approximate surface area is 282 Å². The van der Waals surface area contributed by atoms with Crippen LogP contribution in [0.2, 0.25) is 0 Å². The molecule has 0 amide bonds. The molecule has 2 heterocycles. The van der Waals surface area contributed by atoms with Gasteiger partial charge in [0.05, 0.1) is 12.8 Å². The highest BCUT2D eigenvalue weighted by molar-refractivity contribution is 6.16. The van der Waals surface area contributed by atoms with Crippen molar-refractivity contribution >= 4 is 28.3 Å². The summed E-state index contributed by atoms with van der Waals surface area (Å²) in [6.45, 7) is 7.33. The van der Waals surface area contributed by atoms with Crippen molar-refractivity contribution in [2.24, 2.45) is 0 Å². The van der Waals surface area contributed by atoms with E-state index in [2.05, 4.69) is 53.1 Å². The molecule has 0 spiro atoms. The Morgan fingerprint density at radius 3 is 2.27 bits per heavy atom. The molecule has 1 atom stereocenters. The average molecular weight is 646 g/mol. The summed E-state index contributed by atoms with van der Waals surface area (Å²) in [6.07, 6.45) is 3.13. The van der Waals surface area contributed by atoms with Gasteiger partial charge in [0.25, 0.3) is 0 Å². The van der Waals surface area contributed by atoms with Gasteiger partial charge in [0.2, 0.25) is 0 Å². The molecule has 0 radical (unpaired) electrons. The predicted molar refractivity (Wildman–Crippen MR) is 189 cm³/mol. The summed E-state index contributed by atoms with van der Waals surface area (Å²) in [4.78, 5) is 29.6. The molecule has 248 valence electrons. The zero-order valence-electron chi connectivity index (χ0n) is 27.7. The van der Waals surface area contributed by atoms with Crippen molar-refractivity contribution in [1.29, 1.82) is 0 Å². The number of para-hydroxylation sites is 3. The van der Waals surface area contributed by atoms with Gasteiger partial charge in [0, 0.05) is 80.3 Å². The molecule has 1 N–H and O–H groups in total. The van der Waals surface area contributed by atoms with Crippen molar-refractivity contribution in [3.05, 3.63) is 126 Å². The number of aliphatic carboxylic acids is 1. The highest BCUT2D eigenvalue weighted by Crippen LogP contribution is 2.30. The van der Waals surface area contributed by atoms with E-state index in [1.54, 1.807) is 7.11 Å². The zero-order valence-corrected chi connectivity index (χ0v) is 27.7. The number of hydrogen-bond donors (Lipinski definition) is 1. The average Bonchev–Trinajstić information content (AvgIpc) is 3.49. The van der Waals surface area contributed by atoms with E-state index in [9.17, 15) is 9.59 Å². The normalized spacial score (nSPS) is 14.2. The number of aryl methyl sites for hydroxylation is 2. The number of hydrogen-bond acceptors (Lipinski definition) is 6. The molecule has 5 aromatic rings. The largest absolute Gasteiger partial charge is 0.495 e. The van der Waals surface area contributed by atoms with Gasteiger partial charge in [-0.05, 0) is 61.4 Å². The molecule has 6 rings (SSSR count). The number of ketones is 1. The van der Waals surface area contributed by atoms with Gasteiger partial charge in [-0.3, -0.25) is 14.5 Å². The van der Waals surface area contributed by atoms with Crippen molar-refractivity contribution in [3.63, 3.8) is 0 Å². The van der Waals surface area contributed by atoms with E-state index in [0.717, 1.165) is 67.0 Å². The number of carbonyl (C=O) groups is 2. The number of carboxylic acids is 1. The molecule has 0 bridgehead atoms. The molecule has 8 nitrogen and oxygen atoms in total. The number of aromatic nitrogens is 1. The first kappa shape index (κ1) is 32.8. The fraction of sp³-hybridized carbons (Fsp3) is 0.300. The van der Waals surface area contributed by atoms with Crippen LogP contribution in [0.3, 0.4) is 0 Å². The third-order valence-corrected chi connectivity index (χ3v) is 9.17. The lowest BCUT2D eigenvalue weighted by Crippen LogP contribution is -2.47. The fourth-order valence-corrected chi connectivity index (χ4v) is 6.50. The number of benzene rings is 4. The summed E-state index contributed by atoms with van der Waals surface area (Å²) in [5.41, 5.74) is 5.59. The summed E-state index contributed by atoms with van der Waals surface area (Å²) < 4.78 is 14.2. The molecular weight excluding hydrogens is 602 g/mol. The Balaban J connectivity index is 1.12. The van der Waals surface area contributed by atoms with Crippen molar-refractivity contribution in [1.82, 2.24) is 9.47 Å². The zero-order chi connectivity index (χ0) is 33.5. The summed E-state index contributed by atoms with van der Waals surface area (Å²) >= 11 is 0. The fourth-order valence-electron chi connectivity index (χ4n) is 6.50. The lowest BCUT2D eigenvalue weighted by molar-refractivity contribution is -0.137. The second-order valence-electron chi connectivity index (χ2n) is 12.4. The van der Waals surface area contributed by atoms with E-state index in [-0.39, 0.29) is 18.3 Å². The molecule has 1 aliphatic rings. The predicted octanol–water partition coefficient (Wildman–Crippen LogP) is 7.39. The van der Waals surface area contributed by atoms with Gasteiger partial charge in [0.15, 0.2) is 5.78 Å². The Kier molecular flexibility index (Phi) is 10.4. The van der Waals surface area contributed by atoms with E-state index in [1.165, 1.54) is 5.56 Å². The molecule has 0 saturated carbocycles. The van der Waals surface area contributed by atoms with Crippen LogP contribution in [0.1, 0.15) is 52.4 Å². The van der Waals surface area contributed by atoms with Crippen LogP contribution < -0.4 is 14.4 Å². The Morgan fingerprint density at radius 2 is 1.54 bits per heavy atom. The molecule has 48 heavy (non-hydrogen) atoms. The van der Waals surface area contributed by atoms with Gasteiger partial charge < -0.3 is 24.0 Å². The monoisotopic (exact) mass is 645 g/mol. The van der Waals surface area contributed by atoms with Gasteiger partial charge in [-0.1, -0.05) is 60.2 Å². The van der Waals surface area contributed by atoms with Crippen LogP contribution in [0.5, 0.6) is 11.5 Å². The first-order valence-electron chi connectivity index (χ1n) is 16.7. The van der Waals surface area contributed by atoms with Crippen molar-refractivity contribution in [2.45, 2.75) is 38.8 Å². The van der Waals surface area contributed by atoms with Crippen LogP contribution in [0.4, 0.5) is 5.69 Å². The number of piperazine rings is 1. The van der Waals surface area contributed by atoms with Crippen LogP contribution in [0.25, 0.3) is 10.9 Å². The summed E-state index contributed by atoms with van der Waals surface area (Å²) in [7, 11) is 1.72. The minimum Gasteiger partial charge on any atom is -0.495 e. The molecule has 8 heteroatoms. The van der Waals surface area contributed by atoms with Crippen molar-refractivity contribution in [3.8, 4) is 11.5 Å². The lowest BCUT2D eigenvalue weighted by Gasteiger charge is -2.37. The Bertz CT molecular complexity index is 1840. The highest BCUT2D eigenvalue weighted by atomic mass is 16.5. The van der Waals surface area contributed by atoms with Gasteiger partial charge in [-0.25, -0.2) is 0 Å².